The van der Waals surface area contributed by atoms with Gasteiger partial charge in [0.1, 0.15) is 23.0 Å². The van der Waals surface area contributed by atoms with Crippen molar-refractivity contribution in [3.63, 3.8) is 0 Å². The Morgan fingerprint density at radius 3 is 2.65 bits per heavy atom. The van der Waals surface area contributed by atoms with Crippen molar-refractivity contribution in [1.29, 1.82) is 0 Å². The fourth-order valence-corrected chi connectivity index (χ4v) is 3.51. The number of nitrogens with zero attached hydrogens (tertiary/aromatic N) is 3. The van der Waals surface area contributed by atoms with E-state index in [4.69, 9.17) is 41.9 Å². The molecule has 10 heteroatoms. The van der Waals surface area contributed by atoms with Crippen molar-refractivity contribution in [2.45, 2.75) is 45.0 Å². The molecular formula is C21H19Cl2N3O5. The molecule has 1 aromatic carbocycles. The van der Waals surface area contributed by atoms with Gasteiger partial charge in [0.25, 0.3) is 12.4 Å². The van der Waals surface area contributed by atoms with Gasteiger partial charge in [0.2, 0.25) is 11.7 Å². The lowest BCUT2D eigenvalue weighted by Crippen LogP contribution is -2.39. The number of carbonyl (C=O) groups excluding carboxylic acids is 1. The highest BCUT2D eigenvalue weighted by atomic mass is 35.5. The third-order valence-corrected chi connectivity index (χ3v) is 5.19. The Hall–Kier alpha value is -2.84. The molecule has 4 rings (SSSR count). The van der Waals surface area contributed by atoms with Crippen LogP contribution in [0.3, 0.4) is 0 Å². The minimum atomic E-state index is -0.0796. The molecule has 0 atom stereocenters. The van der Waals surface area contributed by atoms with Crippen LogP contribution in [0.2, 0.25) is 10.0 Å². The third-order valence-electron chi connectivity index (χ3n) is 4.61. The first-order valence-electron chi connectivity index (χ1n) is 9.65. The van der Waals surface area contributed by atoms with Gasteiger partial charge in [-0.3, -0.25) is 4.79 Å². The molecule has 1 saturated carbocycles. The molecule has 2 aromatic heterocycles. The molecule has 0 unspecified atom stereocenters. The topological polar surface area (TPSA) is 96.6 Å². The second-order valence-electron chi connectivity index (χ2n) is 7.31. The summed E-state index contributed by atoms with van der Waals surface area (Å²) in [7, 11) is 0. The van der Waals surface area contributed by atoms with Gasteiger partial charge >= 0.3 is 0 Å². The van der Waals surface area contributed by atoms with Crippen molar-refractivity contribution >= 4 is 29.7 Å². The molecule has 3 aromatic rings. The van der Waals surface area contributed by atoms with Gasteiger partial charge in [-0.15, -0.1) is 0 Å². The zero-order valence-electron chi connectivity index (χ0n) is 16.7. The quantitative estimate of drug-likeness (QED) is 0.431. The van der Waals surface area contributed by atoms with Crippen LogP contribution in [0.25, 0.3) is 22.8 Å². The van der Waals surface area contributed by atoms with E-state index in [1.807, 2.05) is 13.8 Å². The van der Waals surface area contributed by atoms with E-state index in [0.717, 1.165) is 0 Å². The molecule has 1 aliphatic carbocycles. The van der Waals surface area contributed by atoms with Crippen LogP contribution >= 0.6 is 23.2 Å². The first-order valence-corrected chi connectivity index (χ1v) is 10.4. The number of rotatable bonds is 8. The molecule has 0 radical (unpaired) electrons. The number of ether oxygens (including phenoxy) is 3. The van der Waals surface area contributed by atoms with Gasteiger partial charge in [0.15, 0.2) is 0 Å². The summed E-state index contributed by atoms with van der Waals surface area (Å²) in [6, 6.07) is 6.89. The monoisotopic (exact) mass is 463 g/mol. The van der Waals surface area contributed by atoms with Crippen molar-refractivity contribution in [1.82, 2.24) is 15.1 Å². The number of carbonyl (C=O) groups is 1. The molecule has 8 nitrogen and oxygen atoms in total. The van der Waals surface area contributed by atoms with Crippen molar-refractivity contribution < 1.29 is 23.5 Å². The van der Waals surface area contributed by atoms with Crippen molar-refractivity contribution in [2.75, 3.05) is 0 Å². The summed E-state index contributed by atoms with van der Waals surface area (Å²) in [5.74, 6) is 1.54. The Morgan fingerprint density at radius 2 is 1.97 bits per heavy atom. The standard InChI is InChI=1S/C21H19Cl2N3O5/c1-11(2)29-21-18(23)5-12(9-24-21)20-25-19(26-31-20)16-4-3-13(8-17(16)22)30-15-6-14(7-15)28-10-27/h3-5,8-11,14-15H,6-7H2,1-2H3. The predicted molar refractivity (Wildman–Crippen MR) is 113 cm³/mol. The van der Waals surface area contributed by atoms with Crippen LogP contribution in [0.1, 0.15) is 26.7 Å². The Bertz CT molecular complexity index is 1080. The molecule has 31 heavy (non-hydrogen) atoms. The zero-order chi connectivity index (χ0) is 22.0. The summed E-state index contributed by atoms with van der Waals surface area (Å²) in [6.45, 7) is 4.24. The van der Waals surface area contributed by atoms with Crippen LogP contribution in [-0.4, -0.2) is 39.9 Å². The van der Waals surface area contributed by atoms with E-state index < -0.39 is 0 Å². The lowest BCUT2D eigenvalue weighted by molar-refractivity contribution is -0.142. The summed E-state index contributed by atoms with van der Waals surface area (Å²) < 4.78 is 21.6. The van der Waals surface area contributed by atoms with Crippen LogP contribution in [0.15, 0.2) is 35.0 Å². The molecule has 0 spiro atoms. The number of benzene rings is 1. The summed E-state index contributed by atoms with van der Waals surface area (Å²) in [4.78, 5) is 18.9. The second kappa shape index (κ2) is 9.11. The van der Waals surface area contributed by atoms with Gasteiger partial charge in [0, 0.05) is 24.6 Å². The van der Waals surface area contributed by atoms with Crippen LogP contribution in [0, 0.1) is 0 Å². The normalized spacial score (nSPS) is 17.8. The molecule has 1 fully saturated rings. The number of halogens is 2. The SMILES string of the molecule is CC(C)Oc1ncc(-c2nc(-c3ccc(OC4CC(OC=O)C4)cc3Cl)no2)cc1Cl. The average Bonchev–Trinajstić information content (AvgIpc) is 3.17. The summed E-state index contributed by atoms with van der Waals surface area (Å²) in [5.41, 5.74) is 1.16. The second-order valence-corrected chi connectivity index (χ2v) is 8.12. The van der Waals surface area contributed by atoms with Crippen molar-refractivity contribution in [3.05, 3.63) is 40.5 Å². The third kappa shape index (κ3) is 4.91. The molecule has 1 aliphatic rings. The molecule has 162 valence electrons. The fourth-order valence-electron chi connectivity index (χ4n) is 3.05. The lowest BCUT2D eigenvalue weighted by Gasteiger charge is -2.33. The van der Waals surface area contributed by atoms with E-state index in [9.17, 15) is 4.79 Å². The summed E-state index contributed by atoms with van der Waals surface area (Å²) in [5, 5.41) is 4.78. The van der Waals surface area contributed by atoms with E-state index in [0.29, 0.717) is 57.9 Å². The van der Waals surface area contributed by atoms with E-state index in [1.165, 1.54) is 0 Å². The summed E-state index contributed by atoms with van der Waals surface area (Å²) >= 11 is 12.7. The van der Waals surface area contributed by atoms with Crippen LogP contribution in [0.4, 0.5) is 0 Å². The number of pyridine rings is 1. The predicted octanol–water partition coefficient (Wildman–Crippen LogP) is 4.98. The van der Waals surface area contributed by atoms with Gasteiger partial charge in [0.05, 0.1) is 16.7 Å². The number of aromatic nitrogens is 3. The Morgan fingerprint density at radius 1 is 1.16 bits per heavy atom. The smallest absolute Gasteiger partial charge is 0.293 e. The Kier molecular flexibility index (Phi) is 6.29. The first-order chi connectivity index (χ1) is 14.9. The first kappa shape index (κ1) is 21.4. The van der Waals surface area contributed by atoms with Crippen molar-refractivity contribution in [2.24, 2.45) is 0 Å². The van der Waals surface area contributed by atoms with Crippen molar-refractivity contribution in [3.8, 4) is 34.5 Å². The zero-order valence-corrected chi connectivity index (χ0v) is 18.3. The largest absolute Gasteiger partial charge is 0.490 e. The van der Waals surface area contributed by atoms with Crippen LogP contribution in [0.5, 0.6) is 11.6 Å². The van der Waals surface area contributed by atoms with Gasteiger partial charge < -0.3 is 18.7 Å². The fraction of sp³-hybridized carbons (Fsp3) is 0.333. The van der Waals surface area contributed by atoms with Gasteiger partial charge in [-0.05, 0) is 38.1 Å². The maximum atomic E-state index is 10.3. The highest BCUT2D eigenvalue weighted by Crippen LogP contribution is 2.34. The number of hydrogen-bond acceptors (Lipinski definition) is 8. The molecule has 0 saturated heterocycles. The highest BCUT2D eigenvalue weighted by Gasteiger charge is 2.32. The molecular weight excluding hydrogens is 445 g/mol. The number of hydrogen-bond donors (Lipinski definition) is 0. The molecule has 0 bridgehead atoms. The molecule has 2 heterocycles. The lowest BCUT2D eigenvalue weighted by atomic mass is 9.92. The van der Waals surface area contributed by atoms with Gasteiger partial charge in [-0.1, -0.05) is 28.4 Å². The summed E-state index contributed by atoms with van der Waals surface area (Å²) in [6.07, 6.45) is 2.73. The van der Waals surface area contributed by atoms with Crippen LogP contribution < -0.4 is 9.47 Å². The molecule has 0 N–H and O–H groups in total. The Labute approximate surface area is 188 Å². The van der Waals surface area contributed by atoms with Gasteiger partial charge in [-0.25, -0.2) is 4.98 Å². The van der Waals surface area contributed by atoms with Gasteiger partial charge in [-0.2, -0.15) is 4.98 Å². The minimum Gasteiger partial charge on any atom is -0.490 e. The van der Waals surface area contributed by atoms with E-state index in [2.05, 4.69) is 15.1 Å². The van der Waals surface area contributed by atoms with Crippen LogP contribution in [-0.2, 0) is 9.53 Å². The molecule has 0 aliphatic heterocycles. The Balaban J connectivity index is 1.46. The maximum Gasteiger partial charge on any atom is 0.293 e. The molecule has 0 amide bonds. The maximum absolute atomic E-state index is 10.3. The average molecular weight is 464 g/mol. The van der Waals surface area contributed by atoms with E-state index >= 15 is 0 Å². The van der Waals surface area contributed by atoms with E-state index in [1.54, 1.807) is 30.5 Å². The van der Waals surface area contributed by atoms with E-state index in [-0.39, 0.29) is 24.2 Å². The highest BCUT2D eigenvalue weighted by molar-refractivity contribution is 6.33. The minimum absolute atomic E-state index is 0.0106.